The van der Waals surface area contributed by atoms with Crippen LogP contribution in [0.5, 0.6) is 0 Å². The predicted octanol–water partition coefficient (Wildman–Crippen LogP) is 1.06. The average Bonchev–Trinajstić information content (AvgIpc) is 2.38. The highest BCUT2D eigenvalue weighted by Crippen LogP contribution is 2.17. The van der Waals surface area contributed by atoms with Gasteiger partial charge in [0.2, 0.25) is 0 Å². The van der Waals surface area contributed by atoms with Crippen LogP contribution >= 0.6 is 11.6 Å². The van der Waals surface area contributed by atoms with Crippen molar-refractivity contribution in [3.05, 3.63) is 61.9 Å². The lowest BCUT2D eigenvalue weighted by molar-refractivity contribution is 0.724. The summed E-state index contributed by atoms with van der Waals surface area (Å²) in [7, 11) is 1.32. The highest BCUT2D eigenvalue weighted by Gasteiger charge is 2.11. The summed E-state index contributed by atoms with van der Waals surface area (Å²) in [6.45, 7) is 0. The Balaban J connectivity index is 2.87. The largest absolute Gasteiger partial charge is 0.335 e. The summed E-state index contributed by atoms with van der Waals surface area (Å²) in [5.41, 5.74) is -0.855. The van der Waals surface area contributed by atoms with E-state index in [2.05, 4.69) is 0 Å². The first-order valence-corrected chi connectivity index (χ1v) is 5.41. The summed E-state index contributed by atoms with van der Waals surface area (Å²) in [4.78, 5) is 23.6. The first-order valence-electron chi connectivity index (χ1n) is 5.04. The number of hydrogen-bond donors (Lipinski definition) is 0. The fraction of sp³-hybridized carbons (Fsp3) is 0.0833. The SMILES string of the molecule is Cn1c(=O)c(C#N)cn(-c2ccccc2Cl)c1=O. The Hall–Kier alpha value is -2.32. The molecule has 0 aliphatic rings. The van der Waals surface area contributed by atoms with Gasteiger partial charge in [-0.05, 0) is 12.1 Å². The van der Waals surface area contributed by atoms with Crippen LogP contribution in [-0.4, -0.2) is 9.13 Å². The lowest BCUT2D eigenvalue weighted by Gasteiger charge is -2.09. The van der Waals surface area contributed by atoms with Gasteiger partial charge in [-0.15, -0.1) is 0 Å². The van der Waals surface area contributed by atoms with Crippen molar-refractivity contribution in [3.8, 4) is 11.8 Å². The number of hydrogen-bond acceptors (Lipinski definition) is 3. The molecule has 6 heteroatoms. The zero-order valence-electron chi connectivity index (χ0n) is 9.42. The highest BCUT2D eigenvalue weighted by atomic mass is 35.5. The molecular weight excluding hydrogens is 254 g/mol. The molecular formula is C12H8ClN3O2. The molecule has 0 fully saturated rings. The van der Waals surface area contributed by atoms with Crippen molar-refractivity contribution in [2.45, 2.75) is 0 Å². The van der Waals surface area contributed by atoms with Gasteiger partial charge < -0.3 is 0 Å². The number of nitriles is 1. The Bertz CT molecular complexity index is 768. The summed E-state index contributed by atoms with van der Waals surface area (Å²) in [6, 6.07) is 8.46. The predicted molar refractivity (Wildman–Crippen MR) is 67.0 cm³/mol. The first kappa shape index (κ1) is 12.1. The second kappa shape index (κ2) is 4.51. The normalized spacial score (nSPS) is 10.1. The van der Waals surface area contributed by atoms with Crippen LogP contribution < -0.4 is 11.2 Å². The zero-order valence-corrected chi connectivity index (χ0v) is 10.2. The smallest absolute Gasteiger partial charge is 0.268 e. The van der Waals surface area contributed by atoms with Crippen molar-refractivity contribution in [1.29, 1.82) is 5.26 Å². The standard InChI is InChI=1S/C12H8ClN3O2/c1-15-11(17)8(6-14)7-16(12(15)18)10-5-3-2-4-9(10)13/h2-5,7H,1H3. The minimum atomic E-state index is -0.620. The van der Waals surface area contributed by atoms with Gasteiger partial charge >= 0.3 is 5.69 Å². The fourth-order valence-electron chi connectivity index (χ4n) is 1.57. The highest BCUT2D eigenvalue weighted by molar-refractivity contribution is 6.32. The summed E-state index contributed by atoms with van der Waals surface area (Å²) in [5, 5.41) is 9.23. The number of para-hydroxylation sites is 1. The maximum Gasteiger partial charge on any atom is 0.335 e. The molecule has 0 unspecified atom stereocenters. The van der Waals surface area contributed by atoms with Crippen molar-refractivity contribution in [2.24, 2.45) is 7.05 Å². The van der Waals surface area contributed by atoms with Crippen LogP contribution in [0, 0.1) is 11.3 Å². The topological polar surface area (TPSA) is 67.8 Å². The average molecular weight is 262 g/mol. The first-order chi connectivity index (χ1) is 8.56. The summed E-state index contributed by atoms with van der Waals surface area (Å²) in [5.74, 6) is 0. The van der Waals surface area contributed by atoms with Gasteiger partial charge in [-0.3, -0.25) is 13.9 Å². The molecule has 1 heterocycles. The molecule has 2 rings (SSSR count). The van der Waals surface area contributed by atoms with E-state index in [-0.39, 0.29) is 5.56 Å². The molecule has 5 nitrogen and oxygen atoms in total. The molecule has 0 spiro atoms. The number of aromatic nitrogens is 2. The summed E-state index contributed by atoms with van der Waals surface area (Å²) in [6.07, 6.45) is 1.20. The van der Waals surface area contributed by atoms with Crippen molar-refractivity contribution in [2.75, 3.05) is 0 Å². The Labute approximate surface area is 107 Å². The Morgan fingerprint density at radius 3 is 2.56 bits per heavy atom. The molecule has 0 saturated carbocycles. The van der Waals surface area contributed by atoms with Gasteiger partial charge in [0.05, 0.1) is 10.7 Å². The minimum absolute atomic E-state index is 0.114. The lowest BCUT2D eigenvalue weighted by atomic mass is 10.3. The molecule has 90 valence electrons. The lowest BCUT2D eigenvalue weighted by Crippen LogP contribution is -2.38. The van der Waals surface area contributed by atoms with Crippen LogP contribution in [0.1, 0.15) is 5.56 Å². The zero-order chi connectivity index (χ0) is 13.3. The molecule has 0 aliphatic heterocycles. The minimum Gasteiger partial charge on any atom is -0.268 e. The van der Waals surface area contributed by atoms with Crippen molar-refractivity contribution in [3.63, 3.8) is 0 Å². The van der Waals surface area contributed by atoms with E-state index in [4.69, 9.17) is 16.9 Å². The Morgan fingerprint density at radius 2 is 1.94 bits per heavy atom. The Morgan fingerprint density at radius 1 is 1.28 bits per heavy atom. The van der Waals surface area contributed by atoms with E-state index in [1.54, 1.807) is 30.3 Å². The molecule has 0 amide bonds. The van der Waals surface area contributed by atoms with Crippen molar-refractivity contribution < 1.29 is 0 Å². The van der Waals surface area contributed by atoms with E-state index < -0.39 is 11.2 Å². The van der Waals surface area contributed by atoms with Gasteiger partial charge in [0.1, 0.15) is 11.6 Å². The molecule has 0 bridgehead atoms. The quantitative estimate of drug-likeness (QED) is 0.771. The number of nitrogens with zero attached hydrogens (tertiary/aromatic N) is 3. The number of benzene rings is 1. The van der Waals surface area contributed by atoms with Gasteiger partial charge in [-0.25, -0.2) is 4.79 Å². The van der Waals surface area contributed by atoms with Crippen LogP contribution in [0.25, 0.3) is 5.69 Å². The second-order valence-corrected chi connectivity index (χ2v) is 4.03. The molecule has 0 radical (unpaired) electrons. The molecule has 1 aromatic heterocycles. The van der Waals surface area contributed by atoms with Crippen LogP contribution in [-0.2, 0) is 7.05 Å². The second-order valence-electron chi connectivity index (χ2n) is 3.62. The molecule has 0 atom stereocenters. The summed E-state index contributed by atoms with van der Waals surface area (Å²) >= 11 is 5.99. The summed E-state index contributed by atoms with van der Waals surface area (Å²) < 4.78 is 2.06. The van der Waals surface area contributed by atoms with Crippen molar-refractivity contribution in [1.82, 2.24) is 9.13 Å². The van der Waals surface area contributed by atoms with Crippen LogP contribution in [0.2, 0.25) is 5.02 Å². The molecule has 0 N–H and O–H groups in total. The Kier molecular flexibility index (Phi) is 3.04. The molecule has 18 heavy (non-hydrogen) atoms. The number of rotatable bonds is 1. The molecule has 2 aromatic rings. The van der Waals surface area contributed by atoms with Gasteiger partial charge in [0.25, 0.3) is 5.56 Å². The maximum atomic E-state index is 12.0. The fourth-order valence-corrected chi connectivity index (χ4v) is 1.79. The van der Waals surface area contributed by atoms with E-state index in [0.29, 0.717) is 10.7 Å². The van der Waals surface area contributed by atoms with Gasteiger partial charge in [0, 0.05) is 13.2 Å². The van der Waals surface area contributed by atoms with Gasteiger partial charge in [-0.1, -0.05) is 23.7 Å². The third-order valence-corrected chi connectivity index (χ3v) is 2.84. The van der Waals surface area contributed by atoms with Crippen LogP contribution in [0.15, 0.2) is 40.1 Å². The van der Waals surface area contributed by atoms with Gasteiger partial charge in [0.15, 0.2) is 0 Å². The van der Waals surface area contributed by atoms with E-state index in [9.17, 15) is 9.59 Å². The van der Waals surface area contributed by atoms with Crippen molar-refractivity contribution >= 4 is 11.6 Å². The van der Waals surface area contributed by atoms with E-state index >= 15 is 0 Å². The molecule has 1 aromatic carbocycles. The molecule has 0 saturated heterocycles. The maximum absolute atomic E-state index is 12.0. The molecule has 0 aliphatic carbocycles. The van der Waals surface area contributed by atoms with E-state index in [1.807, 2.05) is 0 Å². The van der Waals surface area contributed by atoms with Crippen LogP contribution in [0.4, 0.5) is 0 Å². The van der Waals surface area contributed by atoms with E-state index in [0.717, 1.165) is 4.57 Å². The third kappa shape index (κ3) is 1.83. The monoisotopic (exact) mass is 261 g/mol. The van der Waals surface area contributed by atoms with Gasteiger partial charge in [-0.2, -0.15) is 5.26 Å². The number of halogens is 1. The third-order valence-electron chi connectivity index (χ3n) is 2.52. The van der Waals surface area contributed by atoms with E-state index in [1.165, 1.54) is 17.8 Å². The van der Waals surface area contributed by atoms with Crippen LogP contribution in [0.3, 0.4) is 0 Å².